The molecular weight excluding hydrogens is 316 g/mol. The van der Waals surface area contributed by atoms with E-state index in [1.807, 2.05) is 30.5 Å². The fraction of sp³-hybridized carbons (Fsp3) is 0.105. The molecule has 3 N–H and O–H groups in total. The molecule has 6 nitrogen and oxygen atoms in total. The Kier molecular flexibility index (Phi) is 2.15. The zero-order chi connectivity index (χ0) is 16.7. The summed E-state index contributed by atoms with van der Waals surface area (Å²) >= 11 is 0. The molecule has 0 radical (unpaired) electrons. The fourth-order valence-corrected chi connectivity index (χ4v) is 4.21. The van der Waals surface area contributed by atoms with Crippen molar-refractivity contribution in [2.75, 3.05) is 6.54 Å². The van der Waals surface area contributed by atoms with E-state index in [4.69, 9.17) is 0 Å². The number of benzene rings is 2. The van der Waals surface area contributed by atoms with Gasteiger partial charge in [-0.15, -0.1) is 0 Å². The topological polar surface area (TPSA) is 90.1 Å². The summed E-state index contributed by atoms with van der Waals surface area (Å²) in [5, 5.41) is 5.00. The van der Waals surface area contributed by atoms with Crippen molar-refractivity contribution < 1.29 is 9.59 Å². The molecule has 2 aromatic carbocycles. The highest BCUT2D eigenvalue weighted by atomic mass is 16.2. The fourth-order valence-electron chi connectivity index (χ4n) is 4.21. The predicted octanol–water partition coefficient (Wildman–Crippen LogP) is 2.66. The Morgan fingerprint density at radius 2 is 1.68 bits per heavy atom. The van der Waals surface area contributed by atoms with Gasteiger partial charge in [0, 0.05) is 52.1 Å². The molecule has 0 fully saturated rings. The highest BCUT2D eigenvalue weighted by Gasteiger charge is 2.35. The number of aliphatic imine (C=N–C) groups is 1. The van der Waals surface area contributed by atoms with Crippen LogP contribution in [0.15, 0.2) is 29.3 Å². The van der Waals surface area contributed by atoms with Crippen LogP contribution in [-0.4, -0.2) is 34.5 Å². The molecular formula is C19H12N4O2. The number of hydrogen-bond acceptors (Lipinski definition) is 3. The molecule has 6 heteroatoms. The first-order valence-corrected chi connectivity index (χ1v) is 8.20. The van der Waals surface area contributed by atoms with E-state index in [0.29, 0.717) is 11.1 Å². The molecule has 0 saturated carbocycles. The van der Waals surface area contributed by atoms with Crippen molar-refractivity contribution in [3.63, 3.8) is 0 Å². The van der Waals surface area contributed by atoms with Crippen LogP contribution in [0.2, 0.25) is 0 Å². The lowest BCUT2D eigenvalue weighted by Crippen LogP contribution is -2.20. The zero-order valence-corrected chi connectivity index (χ0v) is 13.1. The van der Waals surface area contributed by atoms with E-state index in [9.17, 15) is 9.59 Å². The van der Waals surface area contributed by atoms with Crippen LogP contribution >= 0.6 is 0 Å². The first-order chi connectivity index (χ1) is 12.2. The number of carbonyl (C=O) groups is 2. The Labute approximate surface area is 140 Å². The Morgan fingerprint density at radius 1 is 0.920 bits per heavy atom. The summed E-state index contributed by atoms with van der Waals surface area (Å²) in [5.74, 6) is -0.669. The van der Waals surface area contributed by atoms with Gasteiger partial charge >= 0.3 is 0 Å². The van der Waals surface area contributed by atoms with Crippen LogP contribution in [0.25, 0.3) is 32.7 Å². The number of amides is 2. The monoisotopic (exact) mass is 328 g/mol. The van der Waals surface area contributed by atoms with Crippen molar-refractivity contribution in [2.24, 2.45) is 4.99 Å². The SMILES string of the molecule is O=C1NC(=O)c2c1c1c3c([nH]c1c1[nH]c4ccccc4c21)CCN=C3. The van der Waals surface area contributed by atoms with Crippen LogP contribution in [0.5, 0.6) is 0 Å². The lowest BCUT2D eigenvalue weighted by Gasteiger charge is -2.05. The third-order valence-electron chi connectivity index (χ3n) is 5.22. The van der Waals surface area contributed by atoms with Crippen LogP contribution < -0.4 is 5.32 Å². The molecule has 2 aromatic heterocycles. The maximum absolute atomic E-state index is 12.6. The van der Waals surface area contributed by atoms with E-state index in [-0.39, 0.29) is 11.8 Å². The van der Waals surface area contributed by atoms with Crippen molar-refractivity contribution in [3.05, 3.63) is 46.6 Å². The maximum atomic E-state index is 12.6. The Bertz CT molecular complexity index is 1310. The molecule has 25 heavy (non-hydrogen) atoms. The largest absolute Gasteiger partial charge is 0.356 e. The quantitative estimate of drug-likeness (QED) is 0.433. The highest BCUT2D eigenvalue weighted by Crippen LogP contribution is 2.41. The van der Waals surface area contributed by atoms with Gasteiger partial charge < -0.3 is 9.97 Å². The van der Waals surface area contributed by atoms with Crippen LogP contribution in [0.1, 0.15) is 32.0 Å². The second kappa shape index (κ2) is 4.16. The summed E-state index contributed by atoms with van der Waals surface area (Å²) in [6, 6.07) is 7.84. The number of carbonyl (C=O) groups excluding carboxylic acids is 2. The Hall–Kier alpha value is -3.41. The average molecular weight is 328 g/mol. The second-order valence-corrected chi connectivity index (χ2v) is 6.51. The standard InChI is InChI=1S/C19H12N4O2/c24-18-14-12-8-3-1-2-4-10(8)21-16(12)17-13(15(14)19(25)23-18)9-7-20-6-5-11(9)22-17/h1-4,7,21-22H,5-6H2,(H,23,24,25). The molecule has 0 spiro atoms. The summed E-state index contributed by atoms with van der Waals surface area (Å²) in [5.41, 5.74) is 5.58. The lowest BCUT2D eigenvalue weighted by molar-refractivity contribution is 0.0880. The van der Waals surface area contributed by atoms with Crippen molar-refractivity contribution in [1.82, 2.24) is 15.3 Å². The van der Waals surface area contributed by atoms with Gasteiger partial charge in [0.1, 0.15) is 0 Å². The summed E-state index contributed by atoms with van der Waals surface area (Å²) in [6.07, 6.45) is 2.61. The van der Waals surface area contributed by atoms with E-state index >= 15 is 0 Å². The molecule has 0 atom stereocenters. The van der Waals surface area contributed by atoms with Gasteiger partial charge in [0.25, 0.3) is 11.8 Å². The minimum absolute atomic E-state index is 0.334. The van der Waals surface area contributed by atoms with Gasteiger partial charge in [-0.3, -0.25) is 19.9 Å². The molecule has 0 aliphatic carbocycles. The van der Waals surface area contributed by atoms with E-state index in [1.165, 1.54) is 0 Å². The predicted molar refractivity (Wildman–Crippen MR) is 95.6 cm³/mol. The van der Waals surface area contributed by atoms with E-state index in [0.717, 1.165) is 56.9 Å². The van der Waals surface area contributed by atoms with Crippen molar-refractivity contribution in [1.29, 1.82) is 0 Å². The smallest absolute Gasteiger partial charge is 0.259 e. The van der Waals surface area contributed by atoms with Gasteiger partial charge in [0.15, 0.2) is 0 Å². The summed E-state index contributed by atoms with van der Waals surface area (Å²) in [4.78, 5) is 36.4. The molecule has 6 rings (SSSR count). The minimum atomic E-state index is -0.335. The molecule has 0 saturated heterocycles. The number of rotatable bonds is 0. The molecule has 120 valence electrons. The number of para-hydroxylation sites is 1. The molecule has 4 aromatic rings. The first kappa shape index (κ1) is 12.9. The Balaban J connectivity index is 1.97. The minimum Gasteiger partial charge on any atom is -0.356 e. The molecule has 0 bridgehead atoms. The number of H-pyrrole nitrogens is 2. The van der Waals surface area contributed by atoms with Gasteiger partial charge in [-0.25, -0.2) is 0 Å². The average Bonchev–Trinajstić information content (AvgIpc) is 3.26. The summed E-state index contributed by atoms with van der Waals surface area (Å²) < 4.78 is 0. The maximum Gasteiger partial charge on any atom is 0.259 e. The van der Waals surface area contributed by atoms with Crippen molar-refractivity contribution in [3.8, 4) is 0 Å². The van der Waals surface area contributed by atoms with Gasteiger partial charge in [-0.1, -0.05) is 18.2 Å². The number of hydrogen-bond donors (Lipinski definition) is 3. The number of nitrogens with zero attached hydrogens (tertiary/aromatic N) is 1. The number of imide groups is 1. The van der Waals surface area contributed by atoms with Gasteiger partial charge in [-0.05, 0) is 6.07 Å². The van der Waals surface area contributed by atoms with Crippen LogP contribution in [-0.2, 0) is 6.42 Å². The number of fused-ring (bicyclic) bond motifs is 10. The van der Waals surface area contributed by atoms with Crippen molar-refractivity contribution in [2.45, 2.75) is 6.42 Å². The molecule has 0 unspecified atom stereocenters. The van der Waals surface area contributed by atoms with Gasteiger partial charge in [0.2, 0.25) is 0 Å². The lowest BCUT2D eigenvalue weighted by atomic mass is 9.95. The van der Waals surface area contributed by atoms with Crippen LogP contribution in [0.3, 0.4) is 0 Å². The van der Waals surface area contributed by atoms with E-state index < -0.39 is 0 Å². The number of nitrogens with one attached hydrogen (secondary N) is 3. The van der Waals surface area contributed by atoms with Crippen LogP contribution in [0, 0.1) is 0 Å². The molecule has 2 amide bonds. The number of aromatic nitrogens is 2. The Morgan fingerprint density at radius 3 is 2.56 bits per heavy atom. The number of aromatic amines is 2. The third-order valence-corrected chi connectivity index (χ3v) is 5.22. The van der Waals surface area contributed by atoms with Crippen molar-refractivity contribution >= 4 is 50.7 Å². The van der Waals surface area contributed by atoms with Gasteiger partial charge in [-0.2, -0.15) is 0 Å². The van der Waals surface area contributed by atoms with Gasteiger partial charge in [0.05, 0.1) is 22.2 Å². The first-order valence-electron chi connectivity index (χ1n) is 8.20. The summed E-state index contributed by atoms with van der Waals surface area (Å²) in [7, 11) is 0. The molecule has 2 aliphatic rings. The molecule has 2 aliphatic heterocycles. The second-order valence-electron chi connectivity index (χ2n) is 6.51. The third kappa shape index (κ3) is 1.43. The van der Waals surface area contributed by atoms with Crippen LogP contribution in [0.4, 0.5) is 0 Å². The zero-order valence-electron chi connectivity index (χ0n) is 13.1. The van der Waals surface area contributed by atoms with E-state index in [1.54, 1.807) is 0 Å². The molecule has 4 heterocycles. The highest BCUT2D eigenvalue weighted by molar-refractivity contribution is 6.37. The summed E-state index contributed by atoms with van der Waals surface area (Å²) in [6.45, 7) is 0.725. The van der Waals surface area contributed by atoms with E-state index in [2.05, 4.69) is 20.3 Å². The normalized spacial score (nSPS) is 16.0.